The van der Waals surface area contributed by atoms with Crippen molar-refractivity contribution in [3.05, 3.63) is 96.1 Å². The van der Waals surface area contributed by atoms with E-state index in [-0.39, 0.29) is 5.91 Å². The van der Waals surface area contributed by atoms with Crippen molar-refractivity contribution in [3.8, 4) is 22.6 Å². The number of fused-ring (bicyclic) bond motifs is 1. The molecule has 0 saturated carbocycles. The van der Waals surface area contributed by atoms with Crippen LogP contribution < -0.4 is 10.1 Å². The second kappa shape index (κ2) is 8.44. The molecule has 0 aliphatic carbocycles. The van der Waals surface area contributed by atoms with Gasteiger partial charge in [-0.25, -0.2) is 0 Å². The Labute approximate surface area is 180 Å². The highest BCUT2D eigenvalue weighted by molar-refractivity contribution is 5.78. The van der Waals surface area contributed by atoms with Crippen LogP contribution in [0.25, 0.3) is 16.8 Å². The van der Waals surface area contributed by atoms with Crippen molar-refractivity contribution in [3.63, 3.8) is 0 Å². The Morgan fingerprint density at radius 1 is 0.903 bits per heavy atom. The lowest BCUT2D eigenvalue weighted by molar-refractivity contribution is -0.120. The molecule has 5 rings (SSSR count). The largest absolute Gasteiger partial charge is 0.493 e. The van der Waals surface area contributed by atoms with Gasteiger partial charge in [-0.3, -0.25) is 9.36 Å². The highest BCUT2D eigenvalue weighted by Gasteiger charge is 2.12. The zero-order valence-electron chi connectivity index (χ0n) is 17.0. The van der Waals surface area contributed by atoms with E-state index >= 15 is 0 Å². The number of carbonyl (C=O) groups excluding carboxylic acids is 1. The normalized spacial score (nSPS) is 12.3. The van der Waals surface area contributed by atoms with E-state index in [1.54, 1.807) is 12.7 Å². The highest BCUT2D eigenvalue weighted by atomic mass is 16.5. The Hall–Kier alpha value is -3.93. The summed E-state index contributed by atoms with van der Waals surface area (Å²) in [5.74, 6) is 0.996. The fourth-order valence-electron chi connectivity index (χ4n) is 3.75. The van der Waals surface area contributed by atoms with Gasteiger partial charge in [0.05, 0.1) is 13.0 Å². The molecule has 0 atom stereocenters. The number of nitrogens with zero attached hydrogens (tertiary/aromatic N) is 3. The van der Waals surface area contributed by atoms with Crippen LogP contribution in [0.5, 0.6) is 5.75 Å². The molecule has 1 aliphatic heterocycles. The van der Waals surface area contributed by atoms with E-state index in [1.807, 2.05) is 34.9 Å². The Balaban J connectivity index is 1.16. The monoisotopic (exact) mass is 410 g/mol. The number of ether oxygens (including phenoxy) is 1. The molecule has 0 fully saturated rings. The van der Waals surface area contributed by atoms with E-state index in [4.69, 9.17) is 4.74 Å². The van der Waals surface area contributed by atoms with Gasteiger partial charge in [0.25, 0.3) is 0 Å². The zero-order chi connectivity index (χ0) is 21.0. The molecule has 1 aromatic heterocycles. The SMILES string of the molecule is O=C(Cc1ccc(-n2cnnc2)cc1)NCc1ccc(-c2ccc3c(c2)CCO3)cc1. The third kappa shape index (κ3) is 4.33. The topological polar surface area (TPSA) is 69.0 Å². The average Bonchev–Trinajstić information content (AvgIpc) is 3.50. The molecule has 31 heavy (non-hydrogen) atoms. The molecule has 0 spiro atoms. The van der Waals surface area contributed by atoms with Crippen molar-refractivity contribution in [1.29, 1.82) is 0 Å². The molecule has 0 radical (unpaired) electrons. The predicted molar refractivity (Wildman–Crippen MR) is 118 cm³/mol. The van der Waals surface area contributed by atoms with Crippen LogP contribution in [0.15, 0.2) is 79.4 Å². The molecule has 1 aliphatic rings. The second-order valence-electron chi connectivity index (χ2n) is 7.61. The van der Waals surface area contributed by atoms with Crippen molar-refractivity contribution in [2.45, 2.75) is 19.4 Å². The number of hydrogen-bond donors (Lipinski definition) is 1. The Morgan fingerprint density at radius 2 is 1.61 bits per heavy atom. The van der Waals surface area contributed by atoms with Crippen LogP contribution in [0.3, 0.4) is 0 Å². The van der Waals surface area contributed by atoms with Gasteiger partial charge in [0.15, 0.2) is 0 Å². The zero-order valence-corrected chi connectivity index (χ0v) is 17.0. The molecule has 6 nitrogen and oxygen atoms in total. The molecular formula is C25H22N4O2. The summed E-state index contributed by atoms with van der Waals surface area (Å²) in [6.07, 6.45) is 4.60. The minimum absolute atomic E-state index is 0.000235. The van der Waals surface area contributed by atoms with Gasteiger partial charge >= 0.3 is 0 Å². The number of rotatable bonds is 6. The molecule has 3 aromatic carbocycles. The fraction of sp³-hybridized carbons (Fsp3) is 0.160. The summed E-state index contributed by atoms with van der Waals surface area (Å²) in [7, 11) is 0. The predicted octanol–water partition coefficient (Wildman–Crippen LogP) is 3.73. The Morgan fingerprint density at radius 3 is 2.39 bits per heavy atom. The fourth-order valence-corrected chi connectivity index (χ4v) is 3.75. The molecule has 4 aromatic rings. The number of amides is 1. The molecule has 1 N–H and O–H groups in total. The van der Waals surface area contributed by atoms with Gasteiger partial charge in [-0.15, -0.1) is 10.2 Å². The Kier molecular flexibility index (Phi) is 5.19. The summed E-state index contributed by atoms with van der Waals surface area (Å²) in [5.41, 5.74) is 6.62. The van der Waals surface area contributed by atoms with Gasteiger partial charge in [0.2, 0.25) is 5.91 Å². The number of carbonyl (C=O) groups is 1. The quantitative estimate of drug-likeness (QED) is 0.526. The van der Waals surface area contributed by atoms with Crippen LogP contribution in [0.4, 0.5) is 0 Å². The van der Waals surface area contributed by atoms with Gasteiger partial charge in [-0.1, -0.05) is 42.5 Å². The van der Waals surface area contributed by atoms with E-state index in [0.29, 0.717) is 13.0 Å². The summed E-state index contributed by atoms with van der Waals surface area (Å²) in [4.78, 5) is 12.3. The number of nitrogens with one attached hydrogen (secondary N) is 1. The molecular weight excluding hydrogens is 388 g/mol. The lowest BCUT2D eigenvalue weighted by atomic mass is 10.0. The smallest absolute Gasteiger partial charge is 0.224 e. The maximum absolute atomic E-state index is 12.3. The van der Waals surface area contributed by atoms with Gasteiger partial charge < -0.3 is 10.1 Å². The lowest BCUT2D eigenvalue weighted by Crippen LogP contribution is -2.24. The summed E-state index contributed by atoms with van der Waals surface area (Å²) in [5, 5.41) is 10.6. The molecule has 154 valence electrons. The van der Waals surface area contributed by atoms with Crippen LogP contribution in [0, 0.1) is 0 Å². The third-order valence-electron chi connectivity index (χ3n) is 5.48. The van der Waals surface area contributed by atoms with Crippen molar-refractivity contribution in [1.82, 2.24) is 20.1 Å². The minimum Gasteiger partial charge on any atom is -0.493 e. The first-order valence-corrected chi connectivity index (χ1v) is 10.3. The molecule has 2 heterocycles. The van der Waals surface area contributed by atoms with Crippen LogP contribution in [-0.4, -0.2) is 27.3 Å². The number of benzene rings is 3. The first kappa shape index (κ1) is 19.1. The van der Waals surface area contributed by atoms with Crippen LogP contribution >= 0.6 is 0 Å². The summed E-state index contributed by atoms with van der Waals surface area (Å²) in [6.45, 7) is 1.28. The maximum atomic E-state index is 12.3. The number of hydrogen-bond acceptors (Lipinski definition) is 4. The van der Waals surface area contributed by atoms with E-state index < -0.39 is 0 Å². The lowest BCUT2D eigenvalue weighted by Gasteiger charge is -2.08. The van der Waals surface area contributed by atoms with Crippen molar-refractivity contribution >= 4 is 5.91 Å². The van der Waals surface area contributed by atoms with Gasteiger partial charge in [0, 0.05) is 18.7 Å². The van der Waals surface area contributed by atoms with Gasteiger partial charge in [0.1, 0.15) is 18.4 Å². The van der Waals surface area contributed by atoms with E-state index in [0.717, 1.165) is 41.2 Å². The minimum atomic E-state index is -0.000235. The molecule has 0 bridgehead atoms. The molecule has 1 amide bonds. The number of aromatic nitrogens is 3. The Bertz CT molecular complexity index is 1180. The van der Waals surface area contributed by atoms with Crippen molar-refractivity contribution < 1.29 is 9.53 Å². The highest BCUT2D eigenvalue weighted by Crippen LogP contribution is 2.30. The molecule has 6 heteroatoms. The standard InChI is InChI=1S/C25H22N4O2/c30-25(13-18-3-8-23(9-4-18)29-16-27-28-17-29)26-15-19-1-5-20(6-2-19)21-7-10-24-22(14-21)11-12-31-24/h1-10,14,16-17H,11-13,15H2,(H,26,30). The third-order valence-corrected chi connectivity index (χ3v) is 5.48. The first-order chi connectivity index (χ1) is 15.2. The maximum Gasteiger partial charge on any atom is 0.224 e. The van der Waals surface area contributed by atoms with E-state index in [9.17, 15) is 4.79 Å². The summed E-state index contributed by atoms with van der Waals surface area (Å²) >= 11 is 0. The van der Waals surface area contributed by atoms with Crippen LogP contribution in [-0.2, 0) is 24.2 Å². The van der Waals surface area contributed by atoms with Crippen LogP contribution in [0.1, 0.15) is 16.7 Å². The first-order valence-electron chi connectivity index (χ1n) is 10.3. The van der Waals surface area contributed by atoms with Crippen molar-refractivity contribution in [2.24, 2.45) is 0 Å². The van der Waals surface area contributed by atoms with Gasteiger partial charge in [-0.05, 0) is 52.1 Å². The van der Waals surface area contributed by atoms with E-state index in [1.165, 1.54) is 11.1 Å². The summed E-state index contributed by atoms with van der Waals surface area (Å²) < 4.78 is 7.41. The summed E-state index contributed by atoms with van der Waals surface area (Å²) in [6, 6.07) is 22.5. The molecule has 0 unspecified atom stereocenters. The van der Waals surface area contributed by atoms with Gasteiger partial charge in [-0.2, -0.15) is 0 Å². The second-order valence-corrected chi connectivity index (χ2v) is 7.61. The van der Waals surface area contributed by atoms with Crippen LogP contribution in [0.2, 0.25) is 0 Å². The average molecular weight is 410 g/mol. The van der Waals surface area contributed by atoms with Crippen molar-refractivity contribution in [2.75, 3.05) is 6.61 Å². The van der Waals surface area contributed by atoms with E-state index in [2.05, 4.69) is 51.9 Å². The molecule has 0 saturated heterocycles.